The quantitative estimate of drug-likeness (QED) is 0.642. The van der Waals surface area contributed by atoms with Crippen molar-refractivity contribution in [2.45, 2.75) is 46.1 Å². The normalized spacial score (nSPS) is 20.4. The Hall–Kier alpha value is -2.86. The summed E-state index contributed by atoms with van der Waals surface area (Å²) in [4.78, 5) is 26.2. The largest absolute Gasteiger partial charge is 0.481 e. The lowest BCUT2D eigenvalue weighted by Gasteiger charge is -2.41. The van der Waals surface area contributed by atoms with E-state index in [9.17, 15) is 14.7 Å². The van der Waals surface area contributed by atoms with Gasteiger partial charge in [0, 0.05) is 32.7 Å². The van der Waals surface area contributed by atoms with Crippen molar-refractivity contribution in [2.75, 3.05) is 26.8 Å². The molecule has 0 spiro atoms. The SMILES string of the molecule is CC1CN(C(=O)OC(C)(C)C)CC(C(=O)O)[C@H]1c1cccc(-c2ccccc2)c1.CCOC. The number of ether oxygens (including phenoxy) is 2. The first-order valence-corrected chi connectivity index (χ1v) is 11.4. The average molecular weight is 456 g/mol. The Morgan fingerprint density at radius 2 is 1.64 bits per heavy atom. The van der Waals surface area contributed by atoms with Gasteiger partial charge < -0.3 is 19.5 Å². The van der Waals surface area contributed by atoms with Crippen molar-refractivity contribution < 1.29 is 24.2 Å². The zero-order valence-corrected chi connectivity index (χ0v) is 20.6. The van der Waals surface area contributed by atoms with Gasteiger partial charge >= 0.3 is 12.1 Å². The molecule has 1 fully saturated rings. The van der Waals surface area contributed by atoms with Gasteiger partial charge in [0.1, 0.15) is 5.60 Å². The van der Waals surface area contributed by atoms with Crippen LogP contribution in [0.25, 0.3) is 11.1 Å². The third-order valence-corrected chi connectivity index (χ3v) is 5.61. The van der Waals surface area contributed by atoms with E-state index < -0.39 is 23.6 Å². The topological polar surface area (TPSA) is 76.1 Å². The van der Waals surface area contributed by atoms with Crippen LogP contribution < -0.4 is 0 Å². The molecule has 0 saturated carbocycles. The van der Waals surface area contributed by atoms with E-state index in [1.165, 1.54) is 4.90 Å². The van der Waals surface area contributed by atoms with E-state index in [1.807, 2.05) is 83.1 Å². The van der Waals surface area contributed by atoms with E-state index in [1.54, 1.807) is 7.11 Å². The zero-order valence-electron chi connectivity index (χ0n) is 20.6. The summed E-state index contributed by atoms with van der Waals surface area (Å²) in [6.45, 7) is 10.8. The summed E-state index contributed by atoms with van der Waals surface area (Å²) in [7, 11) is 1.68. The van der Waals surface area contributed by atoms with Crippen LogP contribution in [0.5, 0.6) is 0 Å². The Kier molecular flexibility index (Phi) is 9.47. The highest BCUT2D eigenvalue weighted by molar-refractivity contribution is 5.75. The maximum atomic E-state index is 12.5. The number of carbonyl (C=O) groups excluding carboxylic acids is 1. The minimum Gasteiger partial charge on any atom is -0.481 e. The molecule has 1 N–H and O–H groups in total. The van der Waals surface area contributed by atoms with Crippen molar-refractivity contribution in [1.29, 1.82) is 0 Å². The third kappa shape index (κ3) is 7.60. The molecule has 0 bridgehead atoms. The first kappa shape index (κ1) is 26.4. The Balaban J connectivity index is 0.000000890. The van der Waals surface area contributed by atoms with Crippen LogP contribution in [0.2, 0.25) is 0 Å². The second-order valence-electron chi connectivity index (χ2n) is 9.40. The van der Waals surface area contributed by atoms with Crippen LogP contribution in [0.15, 0.2) is 54.6 Å². The number of benzene rings is 2. The molecule has 1 aliphatic heterocycles. The van der Waals surface area contributed by atoms with Gasteiger partial charge in [0.2, 0.25) is 0 Å². The van der Waals surface area contributed by atoms with E-state index in [4.69, 9.17) is 4.74 Å². The highest BCUT2D eigenvalue weighted by Gasteiger charge is 2.42. The number of carboxylic acid groups (broad SMARTS) is 1. The van der Waals surface area contributed by atoms with Gasteiger partial charge in [0.25, 0.3) is 0 Å². The molecular formula is C27H37NO5. The van der Waals surface area contributed by atoms with E-state index >= 15 is 0 Å². The van der Waals surface area contributed by atoms with Gasteiger partial charge in [-0.1, -0.05) is 61.5 Å². The molecule has 6 heteroatoms. The monoisotopic (exact) mass is 455 g/mol. The number of hydrogen-bond acceptors (Lipinski definition) is 4. The van der Waals surface area contributed by atoms with Crippen LogP contribution >= 0.6 is 0 Å². The smallest absolute Gasteiger partial charge is 0.410 e. The lowest BCUT2D eigenvalue weighted by atomic mass is 9.74. The van der Waals surface area contributed by atoms with Crippen LogP contribution in [0.1, 0.15) is 46.1 Å². The molecule has 33 heavy (non-hydrogen) atoms. The predicted molar refractivity (Wildman–Crippen MR) is 130 cm³/mol. The van der Waals surface area contributed by atoms with Gasteiger partial charge in [-0.2, -0.15) is 0 Å². The molecule has 3 rings (SSSR count). The molecule has 2 aromatic rings. The minimum absolute atomic E-state index is 0.0107. The maximum absolute atomic E-state index is 12.5. The van der Waals surface area contributed by atoms with Gasteiger partial charge in [-0.25, -0.2) is 4.79 Å². The van der Waals surface area contributed by atoms with Crippen molar-refractivity contribution in [3.8, 4) is 11.1 Å². The fourth-order valence-corrected chi connectivity index (χ4v) is 4.11. The second kappa shape index (κ2) is 11.8. The molecule has 1 aliphatic rings. The number of rotatable bonds is 4. The molecule has 0 aromatic heterocycles. The number of likely N-dealkylation sites (tertiary alicyclic amines) is 1. The van der Waals surface area contributed by atoms with Gasteiger partial charge in [-0.3, -0.25) is 4.79 Å². The van der Waals surface area contributed by atoms with Crippen molar-refractivity contribution in [3.05, 3.63) is 60.2 Å². The lowest BCUT2D eigenvalue weighted by Crippen LogP contribution is -2.50. The zero-order chi connectivity index (χ0) is 24.6. The molecule has 1 saturated heterocycles. The summed E-state index contributed by atoms with van der Waals surface area (Å²) < 4.78 is 10.0. The summed E-state index contributed by atoms with van der Waals surface area (Å²) in [6.07, 6.45) is -0.452. The fourth-order valence-electron chi connectivity index (χ4n) is 4.11. The molecule has 0 radical (unpaired) electrons. The number of aliphatic carboxylic acids is 1. The average Bonchev–Trinajstić information content (AvgIpc) is 2.78. The lowest BCUT2D eigenvalue weighted by molar-refractivity contribution is -0.145. The van der Waals surface area contributed by atoms with E-state index in [-0.39, 0.29) is 18.4 Å². The standard InChI is InChI=1S/C24H29NO4.C3H8O/c1-16-14-25(23(28)29-24(2,3)4)15-20(22(26)27)21(16)19-12-8-11-18(13-19)17-9-6-5-7-10-17;1-3-4-2/h5-13,16,20-21H,14-15H2,1-4H3,(H,26,27);3H2,1-2H3/t16?,20?,21-;/m1./s1. The Labute approximate surface area is 197 Å². The number of hydrogen-bond donors (Lipinski definition) is 1. The summed E-state index contributed by atoms with van der Waals surface area (Å²) in [5, 5.41) is 9.93. The highest BCUT2D eigenvalue weighted by atomic mass is 16.6. The van der Waals surface area contributed by atoms with Crippen molar-refractivity contribution >= 4 is 12.1 Å². The molecule has 3 atom stereocenters. The maximum Gasteiger partial charge on any atom is 0.410 e. The Morgan fingerprint density at radius 1 is 1.03 bits per heavy atom. The van der Waals surface area contributed by atoms with Crippen molar-refractivity contribution in [2.24, 2.45) is 11.8 Å². The number of carbonyl (C=O) groups is 2. The fraction of sp³-hybridized carbons (Fsp3) is 0.481. The number of amides is 1. The van der Waals surface area contributed by atoms with Crippen LogP contribution in [0.3, 0.4) is 0 Å². The van der Waals surface area contributed by atoms with Gasteiger partial charge in [-0.05, 0) is 50.3 Å². The molecule has 0 aliphatic carbocycles. The summed E-state index contributed by atoms with van der Waals surface area (Å²) in [6, 6.07) is 18.1. The molecule has 1 amide bonds. The molecular weight excluding hydrogens is 418 g/mol. The van der Waals surface area contributed by atoms with E-state index in [0.29, 0.717) is 6.54 Å². The van der Waals surface area contributed by atoms with E-state index in [0.717, 1.165) is 23.3 Å². The molecule has 6 nitrogen and oxygen atoms in total. The molecule has 180 valence electrons. The predicted octanol–water partition coefficient (Wildman–Crippen LogP) is 5.68. The third-order valence-electron chi connectivity index (χ3n) is 5.61. The van der Waals surface area contributed by atoms with Crippen LogP contribution in [-0.4, -0.2) is 54.5 Å². The molecule has 2 aromatic carbocycles. The van der Waals surface area contributed by atoms with E-state index in [2.05, 4.69) is 10.8 Å². The van der Waals surface area contributed by atoms with Gasteiger partial charge in [0.05, 0.1) is 5.92 Å². The van der Waals surface area contributed by atoms with Crippen molar-refractivity contribution in [1.82, 2.24) is 4.90 Å². The Morgan fingerprint density at radius 3 is 2.18 bits per heavy atom. The highest BCUT2D eigenvalue weighted by Crippen LogP contribution is 2.39. The van der Waals surface area contributed by atoms with Gasteiger partial charge in [-0.15, -0.1) is 0 Å². The number of methoxy groups -OCH3 is 1. The van der Waals surface area contributed by atoms with Crippen LogP contribution in [-0.2, 0) is 14.3 Å². The Bertz CT molecular complexity index is 904. The second-order valence-corrected chi connectivity index (χ2v) is 9.40. The minimum atomic E-state index is -0.889. The molecule has 2 unspecified atom stereocenters. The summed E-state index contributed by atoms with van der Waals surface area (Å²) in [5.74, 6) is -1.75. The number of piperidine rings is 1. The number of carboxylic acids is 1. The first-order chi connectivity index (χ1) is 15.6. The van der Waals surface area contributed by atoms with Crippen molar-refractivity contribution in [3.63, 3.8) is 0 Å². The van der Waals surface area contributed by atoms with Crippen LogP contribution in [0, 0.1) is 11.8 Å². The number of nitrogens with zero attached hydrogens (tertiary/aromatic N) is 1. The summed E-state index contributed by atoms with van der Waals surface area (Å²) >= 11 is 0. The summed E-state index contributed by atoms with van der Waals surface area (Å²) in [5.41, 5.74) is 2.55. The first-order valence-electron chi connectivity index (χ1n) is 11.4. The van der Waals surface area contributed by atoms with Crippen LogP contribution in [0.4, 0.5) is 4.79 Å². The molecule has 1 heterocycles. The van der Waals surface area contributed by atoms with Gasteiger partial charge in [0.15, 0.2) is 0 Å².